The Morgan fingerprint density at radius 2 is 1.58 bits per heavy atom. The lowest BCUT2D eigenvalue weighted by Crippen LogP contribution is -2.54. The molecule has 0 unspecified atom stereocenters. The number of nitrogens with zero attached hydrogens (tertiary/aromatic N) is 1. The van der Waals surface area contributed by atoms with Crippen molar-refractivity contribution in [3.05, 3.63) is 71.4 Å². The molecule has 0 saturated heterocycles. The van der Waals surface area contributed by atoms with E-state index in [0.29, 0.717) is 11.5 Å². The highest BCUT2D eigenvalue weighted by Crippen LogP contribution is 2.61. The summed E-state index contributed by atoms with van der Waals surface area (Å²) in [6.45, 7) is 6.55. The number of nitrogens with one attached hydrogen (secondary N) is 1. The summed E-state index contributed by atoms with van der Waals surface area (Å²) in [5.41, 5.74) is 6.05. The van der Waals surface area contributed by atoms with E-state index in [0.717, 1.165) is 30.8 Å². The molecule has 7 rings (SSSR count). The molecule has 162 valence electrons. The van der Waals surface area contributed by atoms with Crippen molar-refractivity contribution < 1.29 is 0 Å². The Labute approximate surface area is 187 Å². The van der Waals surface area contributed by atoms with Crippen LogP contribution < -0.4 is 5.32 Å². The van der Waals surface area contributed by atoms with E-state index in [-0.39, 0.29) is 0 Å². The van der Waals surface area contributed by atoms with Gasteiger partial charge in [0.15, 0.2) is 0 Å². The van der Waals surface area contributed by atoms with Crippen molar-refractivity contribution in [3.8, 4) is 0 Å². The number of rotatable bonds is 6. The molecule has 0 amide bonds. The van der Waals surface area contributed by atoms with Crippen molar-refractivity contribution in [3.63, 3.8) is 0 Å². The average Bonchev–Trinajstić information content (AvgIpc) is 3.10. The van der Waals surface area contributed by atoms with Gasteiger partial charge in [-0.3, -0.25) is 0 Å². The Morgan fingerprint density at radius 1 is 0.935 bits per heavy atom. The van der Waals surface area contributed by atoms with Crippen molar-refractivity contribution >= 4 is 10.9 Å². The Kier molecular flexibility index (Phi) is 4.76. The smallest absolute Gasteiger partial charge is 0.0486 e. The number of para-hydroxylation sites is 1. The van der Waals surface area contributed by atoms with Crippen LogP contribution in [0.25, 0.3) is 10.9 Å². The molecular formula is C29H36N2. The van der Waals surface area contributed by atoms with Gasteiger partial charge >= 0.3 is 0 Å². The molecular weight excluding hydrogens is 376 g/mol. The van der Waals surface area contributed by atoms with E-state index >= 15 is 0 Å². The summed E-state index contributed by atoms with van der Waals surface area (Å²) in [5.74, 6) is 3.06. The van der Waals surface area contributed by atoms with Gasteiger partial charge in [0.2, 0.25) is 0 Å². The standard InChI is InChI=1S/C29H36N2/c1-20-7-9-22(10-8-20)18-31-19-26(27-5-3-4-6-28(27)31)17-30-21(2)29-14-23-11-24(15-29)13-25(12-23)16-29/h3-10,19,21,23-25,30H,11-18H2,1-2H3/t21-,23?,24?,25?,29?/m1/s1. The van der Waals surface area contributed by atoms with Gasteiger partial charge in [-0.1, -0.05) is 48.0 Å². The Balaban J connectivity index is 1.22. The lowest BCUT2D eigenvalue weighted by atomic mass is 9.48. The first-order valence-electron chi connectivity index (χ1n) is 12.4. The highest BCUT2D eigenvalue weighted by Gasteiger charge is 2.52. The Bertz CT molecular complexity index is 1040. The molecule has 0 radical (unpaired) electrons. The molecule has 2 aromatic carbocycles. The third-order valence-electron chi connectivity index (χ3n) is 8.95. The summed E-state index contributed by atoms with van der Waals surface area (Å²) in [6.07, 6.45) is 11.4. The maximum Gasteiger partial charge on any atom is 0.0486 e. The predicted molar refractivity (Wildman–Crippen MR) is 129 cm³/mol. The summed E-state index contributed by atoms with van der Waals surface area (Å²) in [5, 5.41) is 5.42. The fraction of sp³-hybridized carbons (Fsp3) is 0.517. The minimum Gasteiger partial charge on any atom is -0.343 e. The van der Waals surface area contributed by atoms with E-state index in [4.69, 9.17) is 0 Å². The van der Waals surface area contributed by atoms with Crippen molar-refractivity contribution in [1.29, 1.82) is 0 Å². The number of aryl methyl sites for hydroxylation is 1. The van der Waals surface area contributed by atoms with Gasteiger partial charge in [0.05, 0.1) is 0 Å². The fourth-order valence-corrected chi connectivity index (χ4v) is 7.67. The van der Waals surface area contributed by atoms with Gasteiger partial charge in [-0.2, -0.15) is 0 Å². The average molecular weight is 413 g/mol. The summed E-state index contributed by atoms with van der Waals surface area (Å²) in [6, 6.07) is 18.5. The summed E-state index contributed by atoms with van der Waals surface area (Å²) in [7, 11) is 0. The number of benzene rings is 2. The van der Waals surface area contributed by atoms with Crippen LogP contribution in [0.1, 0.15) is 62.1 Å². The minimum absolute atomic E-state index is 0.565. The zero-order valence-corrected chi connectivity index (χ0v) is 19.1. The van der Waals surface area contributed by atoms with Crippen LogP contribution >= 0.6 is 0 Å². The van der Waals surface area contributed by atoms with Crippen LogP contribution in [0.3, 0.4) is 0 Å². The Hall–Kier alpha value is -2.06. The summed E-state index contributed by atoms with van der Waals surface area (Å²) in [4.78, 5) is 0. The molecule has 1 atom stereocenters. The van der Waals surface area contributed by atoms with Crippen molar-refractivity contribution in [2.45, 2.75) is 71.5 Å². The molecule has 2 heteroatoms. The normalized spacial score (nSPS) is 30.2. The van der Waals surface area contributed by atoms with Crippen LogP contribution in [0.4, 0.5) is 0 Å². The van der Waals surface area contributed by atoms with Crippen LogP contribution in [0.5, 0.6) is 0 Å². The number of aromatic nitrogens is 1. The maximum atomic E-state index is 4.02. The monoisotopic (exact) mass is 412 g/mol. The molecule has 1 aromatic heterocycles. The van der Waals surface area contributed by atoms with E-state index in [1.165, 1.54) is 66.1 Å². The first kappa shape index (κ1) is 19.6. The predicted octanol–water partition coefficient (Wildman–Crippen LogP) is 6.69. The summed E-state index contributed by atoms with van der Waals surface area (Å²) >= 11 is 0. The first-order valence-corrected chi connectivity index (χ1v) is 12.4. The topological polar surface area (TPSA) is 17.0 Å². The quantitative estimate of drug-likeness (QED) is 0.477. The third kappa shape index (κ3) is 3.53. The van der Waals surface area contributed by atoms with E-state index in [1.54, 1.807) is 0 Å². The molecule has 4 saturated carbocycles. The van der Waals surface area contributed by atoms with Crippen molar-refractivity contribution in [2.24, 2.45) is 23.2 Å². The molecule has 4 bridgehead atoms. The third-order valence-corrected chi connectivity index (χ3v) is 8.95. The molecule has 31 heavy (non-hydrogen) atoms. The Morgan fingerprint density at radius 3 is 2.26 bits per heavy atom. The van der Waals surface area contributed by atoms with Crippen molar-refractivity contribution in [1.82, 2.24) is 9.88 Å². The second-order valence-electron chi connectivity index (χ2n) is 11.2. The number of hydrogen-bond donors (Lipinski definition) is 1. The van der Waals surface area contributed by atoms with Gasteiger partial charge in [0, 0.05) is 36.2 Å². The molecule has 4 aliphatic carbocycles. The van der Waals surface area contributed by atoms with Crippen LogP contribution in [0, 0.1) is 30.1 Å². The molecule has 4 fully saturated rings. The van der Waals surface area contributed by atoms with E-state index in [9.17, 15) is 0 Å². The summed E-state index contributed by atoms with van der Waals surface area (Å²) < 4.78 is 2.44. The van der Waals surface area contributed by atoms with Crippen molar-refractivity contribution in [2.75, 3.05) is 0 Å². The van der Waals surface area contributed by atoms with Gasteiger partial charge < -0.3 is 9.88 Å². The molecule has 1 heterocycles. The van der Waals surface area contributed by atoms with Gasteiger partial charge in [-0.25, -0.2) is 0 Å². The minimum atomic E-state index is 0.565. The van der Waals surface area contributed by atoms with Gasteiger partial charge in [-0.05, 0) is 92.7 Å². The van der Waals surface area contributed by atoms with E-state index < -0.39 is 0 Å². The molecule has 2 nitrogen and oxygen atoms in total. The zero-order valence-electron chi connectivity index (χ0n) is 19.1. The SMILES string of the molecule is Cc1ccc(Cn2cc(CN[C@H](C)C34CC5CC(CC(C5)C3)C4)c3ccccc32)cc1. The maximum absolute atomic E-state index is 4.02. The van der Waals surface area contributed by atoms with Crippen LogP contribution in [0.2, 0.25) is 0 Å². The lowest BCUT2D eigenvalue weighted by Gasteiger charge is -2.59. The molecule has 1 N–H and O–H groups in total. The van der Waals surface area contributed by atoms with E-state index in [1.807, 2.05) is 0 Å². The number of fused-ring (bicyclic) bond motifs is 1. The number of hydrogen-bond acceptors (Lipinski definition) is 1. The van der Waals surface area contributed by atoms with Crippen LogP contribution in [0.15, 0.2) is 54.7 Å². The zero-order chi connectivity index (χ0) is 21.0. The highest BCUT2D eigenvalue weighted by molar-refractivity contribution is 5.84. The molecule has 0 spiro atoms. The van der Waals surface area contributed by atoms with Gasteiger partial charge in [0.1, 0.15) is 0 Å². The second kappa shape index (κ2) is 7.52. The highest BCUT2D eigenvalue weighted by atomic mass is 15.0. The molecule has 0 aliphatic heterocycles. The lowest BCUT2D eigenvalue weighted by molar-refractivity contribution is -0.0706. The van der Waals surface area contributed by atoms with E-state index in [2.05, 4.69) is 78.5 Å². The van der Waals surface area contributed by atoms with Gasteiger partial charge in [0.25, 0.3) is 0 Å². The first-order chi connectivity index (χ1) is 15.1. The second-order valence-corrected chi connectivity index (χ2v) is 11.2. The van der Waals surface area contributed by atoms with Crippen LogP contribution in [-0.2, 0) is 13.1 Å². The van der Waals surface area contributed by atoms with Gasteiger partial charge in [-0.15, -0.1) is 0 Å². The molecule has 4 aliphatic rings. The van der Waals surface area contributed by atoms with Crippen LogP contribution in [-0.4, -0.2) is 10.6 Å². The fourth-order valence-electron chi connectivity index (χ4n) is 7.67. The largest absolute Gasteiger partial charge is 0.343 e. The molecule has 3 aromatic rings.